The number of carbonyl (C=O) groups excluding carboxylic acids is 3. The summed E-state index contributed by atoms with van der Waals surface area (Å²) in [5.41, 5.74) is 10.8. The normalized spacial score (nSPS) is 15.4. The predicted octanol–water partition coefficient (Wildman–Crippen LogP) is -0.567. The number of primary amides is 1. The van der Waals surface area contributed by atoms with Gasteiger partial charge in [0.05, 0.1) is 6.04 Å². The molecule has 0 rings (SSSR count). The fraction of sp³-hybridized carbons (Fsp3) is 0.750. The van der Waals surface area contributed by atoms with E-state index in [1.165, 1.54) is 11.8 Å². The van der Waals surface area contributed by atoms with E-state index >= 15 is 0 Å². The summed E-state index contributed by atoms with van der Waals surface area (Å²) in [4.78, 5) is 46.8. The summed E-state index contributed by atoms with van der Waals surface area (Å²) in [5.74, 6) is -2.49. The van der Waals surface area contributed by atoms with Gasteiger partial charge in [-0.1, -0.05) is 20.3 Å². The maximum atomic E-state index is 12.5. The molecule has 0 aromatic rings. The minimum atomic E-state index is -1.13. The average molecular weight is 391 g/mol. The minimum absolute atomic E-state index is 0.0371. The van der Waals surface area contributed by atoms with Crippen molar-refractivity contribution in [2.24, 2.45) is 17.4 Å². The minimum Gasteiger partial charge on any atom is -0.480 e. The molecule has 0 aromatic carbocycles. The predicted molar refractivity (Wildman–Crippen MR) is 100 cm³/mol. The number of rotatable bonds is 13. The van der Waals surface area contributed by atoms with Gasteiger partial charge in [0.1, 0.15) is 12.1 Å². The fourth-order valence-corrected chi connectivity index (χ4v) is 2.62. The van der Waals surface area contributed by atoms with Crippen molar-refractivity contribution < 1.29 is 24.3 Å². The Kier molecular flexibility index (Phi) is 11.7. The molecule has 0 aliphatic carbocycles. The van der Waals surface area contributed by atoms with Gasteiger partial charge in [-0.3, -0.25) is 14.4 Å². The maximum Gasteiger partial charge on any atom is 0.326 e. The van der Waals surface area contributed by atoms with E-state index in [4.69, 9.17) is 11.5 Å². The molecule has 9 nitrogen and oxygen atoms in total. The van der Waals surface area contributed by atoms with E-state index in [1.54, 1.807) is 6.92 Å². The van der Waals surface area contributed by atoms with Crippen LogP contribution in [0, 0.1) is 5.92 Å². The molecule has 26 heavy (non-hydrogen) atoms. The van der Waals surface area contributed by atoms with Crippen LogP contribution in [0.2, 0.25) is 0 Å². The van der Waals surface area contributed by atoms with Crippen LogP contribution in [0.4, 0.5) is 0 Å². The van der Waals surface area contributed by atoms with Crippen LogP contribution < -0.4 is 22.1 Å². The molecule has 0 unspecified atom stereocenters. The molecule has 0 saturated carbocycles. The van der Waals surface area contributed by atoms with Gasteiger partial charge in [-0.25, -0.2) is 4.79 Å². The zero-order valence-electron chi connectivity index (χ0n) is 15.5. The summed E-state index contributed by atoms with van der Waals surface area (Å²) in [5, 5.41) is 14.3. The summed E-state index contributed by atoms with van der Waals surface area (Å²) >= 11 is 1.48. The Morgan fingerprint density at radius 1 is 1.12 bits per heavy atom. The van der Waals surface area contributed by atoms with Crippen molar-refractivity contribution in [2.45, 2.75) is 57.7 Å². The van der Waals surface area contributed by atoms with Gasteiger partial charge in [-0.05, 0) is 30.8 Å². The van der Waals surface area contributed by atoms with Crippen molar-refractivity contribution in [3.63, 3.8) is 0 Å². The molecule has 0 fully saturated rings. The molecule has 0 saturated heterocycles. The SMILES string of the molecule is CC[C@H](C)[C@H](NC(=O)[C@@H](N)CCC(N)=O)C(=O)N[C@@H](CCSC)C(=O)O. The van der Waals surface area contributed by atoms with Gasteiger partial charge in [-0.15, -0.1) is 0 Å². The topological polar surface area (TPSA) is 165 Å². The van der Waals surface area contributed by atoms with Gasteiger partial charge < -0.3 is 27.2 Å². The van der Waals surface area contributed by atoms with Crippen LogP contribution in [0.5, 0.6) is 0 Å². The Morgan fingerprint density at radius 2 is 1.73 bits per heavy atom. The van der Waals surface area contributed by atoms with Crippen molar-refractivity contribution in [1.82, 2.24) is 10.6 Å². The Morgan fingerprint density at radius 3 is 2.19 bits per heavy atom. The zero-order chi connectivity index (χ0) is 20.3. The smallest absolute Gasteiger partial charge is 0.326 e. The van der Waals surface area contributed by atoms with E-state index in [0.29, 0.717) is 12.2 Å². The summed E-state index contributed by atoms with van der Waals surface area (Å²) in [6, 6.07) is -2.92. The van der Waals surface area contributed by atoms with Crippen molar-refractivity contribution in [3.8, 4) is 0 Å². The first kappa shape index (κ1) is 24.2. The van der Waals surface area contributed by atoms with Crippen LogP contribution in [0.25, 0.3) is 0 Å². The Balaban J connectivity index is 5.00. The number of amides is 3. The molecule has 0 aromatic heterocycles. The van der Waals surface area contributed by atoms with Gasteiger partial charge in [-0.2, -0.15) is 11.8 Å². The maximum absolute atomic E-state index is 12.5. The molecule has 4 atom stereocenters. The molecular formula is C16H30N4O5S. The third kappa shape index (κ3) is 9.04. The van der Waals surface area contributed by atoms with E-state index in [2.05, 4.69) is 10.6 Å². The first-order valence-electron chi connectivity index (χ1n) is 8.50. The van der Waals surface area contributed by atoms with Gasteiger partial charge in [0.15, 0.2) is 0 Å². The zero-order valence-corrected chi connectivity index (χ0v) is 16.3. The van der Waals surface area contributed by atoms with Crippen LogP contribution >= 0.6 is 11.8 Å². The molecular weight excluding hydrogens is 360 g/mol. The molecule has 0 heterocycles. The number of hydrogen-bond donors (Lipinski definition) is 5. The van der Waals surface area contributed by atoms with Crippen LogP contribution in [-0.4, -0.2) is 58.9 Å². The molecule has 0 radical (unpaired) electrons. The standard InChI is InChI=1S/C16H30N4O5S/c1-4-9(2)13(20-14(22)10(17)5-6-12(18)21)15(23)19-11(16(24)25)7-8-26-3/h9-11,13H,4-8,17H2,1-3H3,(H2,18,21)(H,19,23)(H,20,22)(H,24,25)/t9-,10-,11-,13-/m0/s1. The van der Waals surface area contributed by atoms with E-state index in [9.17, 15) is 24.3 Å². The lowest BCUT2D eigenvalue weighted by molar-refractivity contribution is -0.142. The largest absolute Gasteiger partial charge is 0.480 e. The monoisotopic (exact) mass is 390 g/mol. The lowest BCUT2D eigenvalue weighted by Crippen LogP contribution is -2.56. The van der Waals surface area contributed by atoms with Crippen LogP contribution in [0.3, 0.4) is 0 Å². The lowest BCUT2D eigenvalue weighted by atomic mass is 9.97. The Labute approximate surface area is 158 Å². The quantitative estimate of drug-likeness (QED) is 0.281. The number of aliphatic carboxylic acids is 1. The second-order valence-electron chi connectivity index (χ2n) is 6.16. The molecule has 7 N–H and O–H groups in total. The summed E-state index contributed by atoms with van der Waals surface area (Å²) < 4.78 is 0. The number of thioether (sulfide) groups is 1. The number of nitrogens with two attached hydrogens (primary N) is 2. The first-order chi connectivity index (χ1) is 12.1. The fourth-order valence-electron chi connectivity index (χ4n) is 2.15. The van der Waals surface area contributed by atoms with Crippen molar-refractivity contribution in [3.05, 3.63) is 0 Å². The highest BCUT2D eigenvalue weighted by Crippen LogP contribution is 2.10. The average Bonchev–Trinajstić information content (AvgIpc) is 2.59. The van der Waals surface area contributed by atoms with Crippen LogP contribution in [-0.2, 0) is 19.2 Å². The Bertz CT molecular complexity index is 503. The van der Waals surface area contributed by atoms with Gasteiger partial charge >= 0.3 is 5.97 Å². The molecule has 0 aliphatic rings. The molecule has 0 bridgehead atoms. The highest BCUT2D eigenvalue weighted by Gasteiger charge is 2.30. The van der Waals surface area contributed by atoms with E-state index in [0.717, 1.165) is 0 Å². The van der Waals surface area contributed by atoms with Crippen molar-refractivity contribution in [2.75, 3.05) is 12.0 Å². The highest BCUT2D eigenvalue weighted by molar-refractivity contribution is 7.98. The van der Waals surface area contributed by atoms with Crippen molar-refractivity contribution in [1.29, 1.82) is 0 Å². The third-order valence-electron chi connectivity index (χ3n) is 4.06. The summed E-state index contributed by atoms with van der Waals surface area (Å²) in [6.45, 7) is 3.63. The lowest BCUT2D eigenvalue weighted by Gasteiger charge is -2.26. The first-order valence-corrected chi connectivity index (χ1v) is 9.89. The van der Waals surface area contributed by atoms with E-state index in [1.807, 2.05) is 13.2 Å². The van der Waals surface area contributed by atoms with E-state index < -0.39 is 41.8 Å². The molecule has 0 spiro atoms. The summed E-state index contributed by atoms with van der Waals surface area (Å²) in [7, 11) is 0. The van der Waals surface area contributed by atoms with Crippen molar-refractivity contribution >= 4 is 35.5 Å². The third-order valence-corrected chi connectivity index (χ3v) is 4.70. The van der Waals surface area contributed by atoms with Crippen LogP contribution in [0.1, 0.15) is 39.5 Å². The number of nitrogens with one attached hydrogen (secondary N) is 2. The number of hydrogen-bond acceptors (Lipinski definition) is 6. The Hall–Kier alpha value is -1.81. The molecule has 150 valence electrons. The van der Waals surface area contributed by atoms with Gasteiger partial charge in [0.25, 0.3) is 0 Å². The second-order valence-corrected chi connectivity index (χ2v) is 7.15. The number of carbonyl (C=O) groups is 4. The van der Waals surface area contributed by atoms with Gasteiger partial charge in [0.2, 0.25) is 17.7 Å². The molecule has 3 amide bonds. The van der Waals surface area contributed by atoms with Gasteiger partial charge in [0, 0.05) is 6.42 Å². The summed E-state index contributed by atoms with van der Waals surface area (Å²) in [6.07, 6.45) is 2.75. The number of carboxylic acid groups (broad SMARTS) is 1. The van der Waals surface area contributed by atoms with E-state index in [-0.39, 0.29) is 25.2 Å². The number of carboxylic acids is 1. The van der Waals surface area contributed by atoms with Crippen LogP contribution in [0.15, 0.2) is 0 Å². The highest BCUT2D eigenvalue weighted by atomic mass is 32.2. The molecule has 0 aliphatic heterocycles. The second kappa shape index (κ2) is 12.5. The molecule has 10 heteroatoms.